The molecule has 1 atom stereocenters. The van der Waals surface area contributed by atoms with E-state index < -0.39 is 29.8 Å². The summed E-state index contributed by atoms with van der Waals surface area (Å²) < 4.78 is 19.3. The third kappa shape index (κ3) is 5.48. The van der Waals surface area contributed by atoms with Gasteiger partial charge in [-0.1, -0.05) is 54.6 Å². The van der Waals surface area contributed by atoms with Gasteiger partial charge in [-0.2, -0.15) is 0 Å². The van der Waals surface area contributed by atoms with E-state index in [9.17, 15) is 18.8 Å². The van der Waals surface area contributed by atoms with Crippen LogP contribution in [0.4, 0.5) is 14.9 Å². The molecule has 0 bridgehead atoms. The van der Waals surface area contributed by atoms with Gasteiger partial charge in [0.25, 0.3) is 0 Å². The maximum absolute atomic E-state index is 13.8. The molecule has 1 aliphatic rings. The van der Waals surface area contributed by atoms with Gasteiger partial charge in [0.1, 0.15) is 18.5 Å². The van der Waals surface area contributed by atoms with Crippen molar-refractivity contribution in [1.82, 2.24) is 5.32 Å². The highest BCUT2D eigenvalue weighted by molar-refractivity contribution is 5.96. The van der Waals surface area contributed by atoms with Crippen LogP contribution in [0.2, 0.25) is 0 Å². The minimum atomic E-state index is -1.17. The van der Waals surface area contributed by atoms with E-state index in [0.717, 1.165) is 28.3 Å². The third-order valence-electron chi connectivity index (χ3n) is 6.04. The topological polar surface area (TPSA) is 105 Å². The lowest BCUT2D eigenvalue weighted by atomic mass is 9.98. The first-order valence-corrected chi connectivity index (χ1v) is 11.2. The first-order chi connectivity index (χ1) is 16.8. The van der Waals surface area contributed by atoms with E-state index in [-0.39, 0.29) is 31.1 Å². The van der Waals surface area contributed by atoms with Gasteiger partial charge >= 0.3 is 12.1 Å². The van der Waals surface area contributed by atoms with Crippen LogP contribution in [-0.4, -0.2) is 35.7 Å². The fourth-order valence-electron chi connectivity index (χ4n) is 4.22. The van der Waals surface area contributed by atoms with E-state index >= 15 is 0 Å². The zero-order valence-electron chi connectivity index (χ0n) is 19.1. The molecule has 4 rings (SSSR count). The van der Waals surface area contributed by atoms with Gasteiger partial charge in [0.2, 0.25) is 5.91 Å². The van der Waals surface area contributed by atoms with Crippen molar-refractivity contribution in [3.63, 3.8) is 0 Å². The number of carbonyl (C=O) groups excluding carboxylic acids is 2. The maximum atomic E-state index is 13.8. The number of carboxylic acids is 1. The zero-order chi connectivity index (χ0) is 24.9. The zero-order valence-corrected chi connectivity index (χ0v) is 19.1. The number of rotatable bonds is 8. The Labute approximate surface area is 201 Å². The van der Waals surface area contributed by atoms with Crippen LogP contribution in [0.3, 0.4) is 0 Å². The number of nitrogens with one attached hydrogen (secondary N) is 2. The molecule has 3 aromatic rings. The van der Waals surface area contributed by atoms with E-state index in [2.05, 4.69) is 10.6 Å². The van der Waals surface area contributed by atoms with Crippen molar-refractivity contribution >= 4 is 23.7 Å². The summed E-state index contributed by atoms with van der Waals surface area (Å²) in [6.45, 7) is 1.64. The standard InChI is InChI=1S/C27H25FN2O5/c1-16-10-11-17(14-23(16)28)29-26(33)24(12-13-25(31)32)30-27(34)35-15-22-20-8-4-2-6-18(20)19-7-3-5-9-21(19)22/h2-11,14,22,24H,12-13,15H2,1H3,(H,29,33)(H,30,34)(H,31,32). The SMILES string of the molecule is Cc1ccc(NC(=O)C(CCC(=O)O)NC(=O)OCC2c3ccccc3-c3ccccc32)cc1F. The molecule has 8 heteroatoms. The van der Waals surface area contributed by atoms with Crippen molar-refractivity contribution in [3.8, 4) is 11.1 Å². The number of carbonyl (C=O) groups is 3. The molecule has 0 radical (unpaired) electrons. The molecular weight excluding hydrogens is 451 g/mol. The van der Waals surface area contributed by atoms with Gasteiger partial charge in [0.15, 0.2) is 0 Å². The van der Waals surface area contributed by atoms with Crippen LogP contribution in [0.15, 0.2) is 66.7 Å². The molecule has 1 aliphatic carbocycles. The van der Waals surface area contributed by atoms with Crippen LogP contribution < -0.4 is 10.6 Å². The summed E-state index contributed by atoms with van der Waals surface area (Å²) in [4.78, 5) is 36.4. The Bertz CT molecular complexity index is 1230. The van der Waals surface area contributed by atoms with Gasteiger partial charge in [-0.05, 0) is 53.3 Å². The first-order valence-electron chi connectivity index (χ1n) is 11.2. The minimum Gasteiger partial charge on any atom is -0.481 e. The smallest absolute Gasteiger partial charge is 0.407 e. The van der Waals surface area contributed by atoms with Crippen molar-refractivity contribution in [2.24, 2.45) is 0 Å². The molecule has 0 spiro atoms. The highest BCUT2D eigenvalue weighted by Gasteiger charge is 2.30. The van der Waals surface area contributed by atoms with Crippen molar-refractivity contribution in [2.45, 2.75) is 31.7 Å². The lowest BCUT2D eigenvalue weighted by molar-refractivity contribution is -0.137. The summed E-state index contributed by atoms with van der Waals surface area (Å²) in [6, 6.07) is 18.8. The van der Waals surface area contributed by atoms with Crippen molar-refractivity contribution < 1.29 is 28.6 Å². The quantitative estimate of drug-likeness (QED) is 0.431. The van der Waals surface area contributed by atoms with Crippen LogP contribution in [0.25, 0.3) is 11.1 Å². The number of hydrogen-bond acceptors (Lipinski definition) is 4. The molecule has 1 unspecified atom stereocenters. The molecule has 0 fully saturated rings. The Kier molecular flexibility index (Phi) is 7.10. The molecule has 0 heterocycles. The van der Waals surface area contributed by atoms with Crippen LogP contribution in [0.1, 0.15) is 35.4 Å². The summed E-state index contributed by atoms with van der Waals surface area (Å²) in [5.41, 5.74) is 4.88. The second kappa shape index (κ2) is 10.4. The van der Waals surface area contributed by atoms with Crippen molar-refractivity contribution in [2.75, 3.05) is 11.9 Å². The first kappa shape index (κ1) is 23.9. The van der Waals surface area contributed by atoms with E-state index in [1.807, 2.05) is 48.5 Å². The number of carboxylic acid groups (broad SMARTS) is 1. The molecular formula is C27H25FN2O5. The number of amides is 2. The number of alkyl carbamates (subject to hydrolysis) is 1. The van der Waals surface area contributed by atoms with Gasteiger partial charge in [0, 0.05) is 18.0 Å². The Balaban J connectivity index is 1.43. The van der Waals surface area contributed by atoms with Crippen LogP contribution in [0, 0.1) is 12.7 Å². The summed E-state index contributed by atoms with van der Waals surface area (Å²) in [5, 5.41) is 14.0. The van der Waals surface area contributed by atoms with E-state index in [0.29, 0.717) is 5.56 Å². The van der Waals surface area contributed by atoms with Gasteiger partial charge in [-0.15, -0.1) is 0 Å². The molecule has 180 valence electrons. The van der Waals surface area contributed by atoms with Gasteiger partial charge in [-0.3, -0.25) is 9.59 Å². The number of aliphatic carboxylic acids is 1. The fourth-order valence-corrected chi connectivity index (χ4v) is 4.22. The molecule has 35 heavy (non-hydrogen) atoms. The van der Waals surface area contributed by atoms with Crippen molar-refractivity contribution in [3.05, 3.63) is 89.2 Å². The molecule has 3 aromatic carbocycles. The third-order valence-corrected chi connectivity index (χ3v) is 6.04. The number of anilines is 1. The number of fused-ring (bicyclic) bond motifs is 3. The highest BCUT2D eigenvalue weighted by atomic mass is 19.1. The van der Waals surface area contributed by atoms with Crippen LogP contribution >= 0.6 is 0 Å². The molecule has 7 nitrogen and oxygen atoms in total. The fraction of sp³-hybridized carbons (Fsp3) is 0.222. The normalized spacial score (nSPS) is 12.9. The number of hydrogen-bond donors (Lipinski definition) is 3. The highest BCUT2D eigenvalue weighted by Crippen LogP contribution is 2.44. The lowest BCUT2D eigenvalue weighted by Crippen LogP contribution is -2.44. The Morgan fingerprint density at radius 3 is 2.23 bits per heavy atom. The predicted molar refractivity (Wildman–Crippen MR) is 129 cm³/mol. The molecule has 2 amide bonds. The Morgan fingerprint density at radius 2 is 1.63 bits per heavy atom. The molecule has 0 aromatic heterocycles. The van der Waals surface area contributed by atoms with E-state index in [1.165, 1.54) is 12.1 Å². The maximum Gasteiger partial charge on any atom is 0.407 e. The second-order valence-electron chi connectivity index (χ2n) is 8.41. The summed E-state index contributed by atoms with van der Waals surface area (Å²) in [7, 11) is 0. The number of benzene rings is 3. The van der Waals surface area contributed by atoms with Gasteiger partial charge in [-0.25, -0.2) is 9.18 Å². The van der Waals surface area contributed by atoms with Crippen LogP contribution in [0.5, 0.6) is 0 Å². The average molecular weight is 477 g/mol. The van der Waals surface area contributed by atoms with Crippen molar-refractivity contribution in [1.29, 1.82) is 0 Å². The monoisotopic (exact) mass is 476 g/mol. The lowest BCUT2D eigenvalue weighted by Gasteiger charge is -2.19. The molecule has 0 saturated heterocycles. The number of ether oxygens (including phenoxy) is 1. The Hall–Kier alpha value is -4.20. The predicted octanol–water partition coefficient (Wildman–Crippen LogP) is 4.84. The molecule has 0 aliphatic heterocycles. The molecule has 0 saturated carbocycles. The van der Waals surface area contributed by atoms with E-state index in [1.54, 1.807) is 6.92 Å². The number of aryl methyl sites for hydroxylation is 1. The van der Waals surface area contributed by atoms with Gasteiger partial charge < -0.3 is 20.5 Å². The summed E-state index contributed by atoms with van der Waals surface area (Å²) in [6.07, 6.45) is -1.34. The molecule has 3 N–H and O–H groups in total. The minimum absolute atomic E-state index is 0.0519. The van der Waals surface area contributed by atoms with E-state index in [4.69, 9.17) is 9.84 Å². The average Bonchev–Trinajstić information content (AvgIpc) is 3.16. The largest absolute Gasteiger partial charge is 0.481 e. The number of halogens is 1. The van der Waals surface area contributed by atoms with Crippen LogP contribution in [-0.2, 0) is 14.3 Å². The second-order valence-corrected chi connectivity index (χ2v) is 8.41. The summed E-state index contributed by atoms with van der Waals surface area (Å²) in [5.74, 6) is -2.43. The Morgan fingerprint density at radius 1 is 1.00 bits per heavy atom. The summed E-state index contributed by atoms with van der Waals surface area (Å²) >= 11 is 0. The van der Waals surface area contributed by atoms with Gasteiger partial charge in [0.05, 0.1) is 0 Å².